The molecule has 0 radical (unpaired) electrons. The van der Waals surface area contributed by atoms with E-state index in [4.69, 9.17) is 11.6 Å². The fourth-order valence-electron chi connectivity index (χ4n) is 3.29. The smallest absolute Gasteiger partial charge is 0.239 e. The third kappa shape index (κ3) is 3.35. The third-order valence-corrected chi connectivity index (χ3v) is 5.03. The third-order valence-electron chi connectivity index (χ3n) is 4.77. The van der Waals surface area contributed by atoms with Gasteiger partial charge in [0.2, 0.25) is 11.8 Å². The number of halogens is 1. The van der Waals surface area contributed by atoms with E-state index in [1.165, 1.54) is 0 Å². The SMILES string of the molecule is CCN1CCN(C(=O)[C@H]2CCN(c3ccc(Cl)cc3)C2=O)CC1. The lowest BCUT2D eigenvalue weighted by Gasteiger charge is -2.35. The molecule has 2 amide bonds. The minimum atomic E-state index is -0.529. The number of piperazine rings is 1. The lowest BCUT2D eigenvalue weighted by atomic mass is 10.1. The number of anilines is 1. The molecule has 0 spiro atoms. The highest BCUT2D eigenvalue weighted by Crippen LogP contribution is 2.27. The van der Waals surface area contributed by atoms with Gasteiger partial charge in [-0.05, 0) is 37.2 Å². The minimum Gasteiger partial charge on any atom is -0.339 e. The number of hydrogen-bond acceptors (Lipinski definition) is 3. The van der Waals surface area contributed by atoms with Crippen LogP contribution in [0, 0.1) is 5.92 Å². The molecule has 0 aliphatic carbocycles. The van der Waals surface area contributed by atoms with E-state index >= 15 is 0 Å². The summed E-state index contributed by atoms with van der Waals surface area (Å²) in [6.07, 6.45) is 0.592. The van der Waals surface area contributed by atoms with Crippen molar-refractivity contribution < 1.29 is 9.59 Å². The molecule has 0 unspecified atom stereocenters. The van der Waals surface area contributed by atoms with Crippen LogP contribution in [0.4, 0.5) is 5.69 Å². The van der Waals surface area contributed by atoms with Crippen molar-refractivity contribution in [2.75, 3.05) is 44.2 Å². The van der Waals surface area contributed by atoms with Crippen molar-refractivity contribution in [1.82, 2.24) is 9.80 Å². The fraction of sp³-hybridized carbons (Fsp3) is 0.529. The van der Waals surface area contributed by atoms with Gasteiger partial charge in [-0.2, -0.15) is 0 Å². The summed E-state index contributed by atoms with van der Waals surface area (Å²) >= 11 is 5.89. The van der Waals surface area contributed by atoms with Crippen LogP contribution >= 0.6 is 11.6 Å². The first-order valence-corrected chi connectivity index (χ1v) is 8.56. The maximum Gasteiger partial charge on any atom is 0.239 e. The highest BCUT2D eigenvalue weighted by atomic mass is 35.5. The van der Waals surface area contributed by atoms with Gasteiger partial charge in [0.15, 0.2) is 0 Å². The Balaban J connectivity index is 1.64. The second-order valence-electron chi connectivity index (χ2n) is 6.07. The van der Waals surface area contributed by atoms with Crippen molar-refractivity contribution in [3.05, 3.63) is 29.3 Å². The lowest BCUT2D eigenvalue weighted by molar-refractivity contribution is -0.141. The van der Waals surface area contributed by atoms with Crippen molar-refractivity contribution in [3.8, 4) is 0 Å². The van der Waals surface area contributed by atoms with E-state index in [1.54, 1.807) is 17.0 Å². The van der Waals surface area contributed by atoms with E-state index in [2.05, 4.69) is 11.8 Å². The first-order chi connectivity index (χ1) is 11.1. The average molecular weight is 336 g/mol. The zero-order chi connectivity index (χ0) is 16.4. The zero-order valence-electron chi connectivity index (χ0n) is 13.4. The molecule has 2 fully saturated rings. The summed E-state index contributed by atoms with van der Waals surface area (Å²) < 4.78 is 0. The van der Waals surface area contributed by atoms with E-state index in [0.717, 1.165) is 38.4 Å². The summed E-state index contributed by atoms with van der Waals surface area (Å²) in [5, 5.41) is 0.641. The molecule has 2 aliphatic rings. The minimum absolute atomic E-state index is 0.0118. The summed E-state index contributed by atoms with van der Waals surface area (Å²) in [5.41, 5.74) is 0.811. The van der Waals surface area contributed by atoms with Crippen LogP contribution in [0.1, 0.15) is 13.3 Å². The number of benzene rings is 1. The van der Waals surface area contributed by atoms with E-state index in [0.29, 0.717) is 18.0 Å². The predicted octanol–water partition coefficient (Wildman–Crippen LogP) is 1.86. The highest BCUT2D eigenvalue weighted by Gasteiger charge is 2.40. The Morgan fingerprint density at radius 2 is 1.78 bits per heavy atom. The van der Waals surface area contributed by atoms with E-state index in [1.807, 2.05) is 17.0 Å². The average Bonchev–Trinajstić information content (AvgIpc) is 2.96. The predicted molar refractivity (Wildman–Crippen MR) is 90.6 cm³/mol. The van der Waals surface area contributed by atoms with Crippen LogP contribution in [-0.2, 0) is 9.59 Å². The normalized spacial score (nSPS) is 22.7. The summed E-state index contributed by atoms with van der Waals surface area (Å²) in [6, 6.07) is 7.19. The molecule has 0 saturated carbocycles. The van der Waals surface area contributed by atoms with Crippen LogP contribution in [0.5, 0.6) is 0 Å². The van der Waals surface area contributed by atoms with Crippen molar-refractivity contribution in [1.29, 1.82) is 0 Å². The number of rotatable bonds is 3. The van der Waals surface area contributed by atoms with Gasteiger partial charge in [-0.3, -0.25) is 9.59 Å². The molecule has 3 rings (SSSR count). The Morgan fingerprint density at radius 1 is 1.13 bits per heavy atom. The first-order valence-electron chi connectivity index (χ1n) is 8.18. The maximum absolute atomic E-state index is 12.7. The standard InChI is InChI=1S/C17H22ClN3O2/c1-2-19-9-11-20(12-10-19)16(22)15-7-8-21(17(15)23)14-5-3-13(18)4-6-14/h3-6,15H,2,7-12H2,1H3/t15-/m1/s1. The number of carbonyl (C=O) groups excluding carboxylic acids is 2. The number of likely N-dealkylation sites (N-methyl/N-ethyl adjacent to an activating group) is 1. The molecule has 2 heterocycles. The molecule has 0 bridgehead atoms. The molecule has 124 valence electrons. The first kappa shape index (κ1) is 16.3. The van der Waals surface area contributed by atoms with Crippen molar-refractivity contribution in [2.24, 2.45) is 5.92 Å². The molecular formula is C17H22ClN3O2. The number of nitrogens with zero attached hydrogens (tertiary/aromatic N) is 3. The van der Waals surface area contributed by atoms with Crippen LogP contribution in [0.3, 0.4) is 0 Å². The molecule has 1 aromatic carbocycles. The molecule has 5 nitrogen and oxygen atoms in total. The number of carbonyl (C=O) groups is 2. The molecule has 2 aliphatic heterocycles. The van der Waals surface area contributed by atoms with E-state index in [-0.39, 0.29) is 11.8 Å². The van der Waals surface area contributed by atoms with Gasteiger partial charge >= 0.3 is 0 Å². The van der Waals surface area contributed by atoms with Crippen molar-refractivity contribution in [2.45, 2.75) is 13.3 Å². The van der Waals surface area contributed by atoms with Gasteiger partial charge in [-0.15, -0.1) is 0 Å². The van der Waals surface area contributed by atoms with Crippen LogP contribution in [-0.4, -0.2) is 60.9 Å². The summed E-state index contributed by atoms with van der Waals surface area (Å²) in [5.74, 6) is -0.628. The van der Waals surface area contributed by atoms with Gasteiger partial charge in [-0.25, -0.2) is 0 Å². The van der Waals surface area contributed by atoms with Gasteiger partial charge in [-0.1, -0.05) is 18.5 Å². The van der Waals surface area contributed by atoms with Crippen LogP contribution < -0.4 is 4.90 Å². The van der Waals surface area contributed by atoms with E-state index in [9.17, 15) is 9.59 Å². The van der Waals surface area contributed by atoms with E-state index < -0.39 is 5.92 Å². The quantitative estimate of drug-likeness (QED) is 0.792. The highest BCUT2D eigenvalue weighted by molar-refractivity contribution is 6.30. The van der Waals surface area contributed by atoms with Gasteiger partial charge in [0.25, 0.3) is 0 Å². The molecule has 0 N–H and O–H groups in total. The maximum atomic E-state index is 12.7. The Bertz CT molecular complexity index is 582. The monoisotopic (exact) mass is 335 g/mol. The fourth-order valence-corrected chi connectivity index (χ4v) is 3.42. The molecule has 2 saturated heterocycles. The Kier molecular flexibility index (Phi) is 4.87. The summed E-state index contributed by atoms with van der Waals surface area (Å²) in [6.45, 7) is 6.95. The van der Waals surface area contributed by atoms with Crippen molar-refractivity contribution in [3.63, 3.8) is 0 Å². The Hall–Kier alpha value is -1.59. The molecular weight excluding hydrogens is 314 g/mol. The van der Waals surface area contributed by atoms with Gasteiger partial charge in [0, 0.05) is 43.4 Å². The van der Waals surface area contributed by atoms with Gasteiger partial charge in [0.1, 0.15) is 5.92 Å². The second kappa shape index (κ2) is 6.89. The summed E-state index contributed by atoms with van der Waals surface area (Å²) in [7, 11) is 0. The van der Waals surface area contributed by atoms with Crippen molar-refractivity contribution >= 4 is 29.1 Å². The van der Waals surface area contributed by atoms with Gasteiger partial charge < -0.3 is 14.7 Å². The van der Waals surface area contributed by atoms with Crippen LogP contribution in [0.25, 0.3) is 0 Å². The Morgan fingerprint density at radius 3 is 2.39 bits per heavy atom. The molecule has 1 atom stereocenters. The van der Waals surface area contributed by atoms with Crippen LogP contribution in [0.2, 0.25) is 5.02 Å². The molecule has 1 aromatic rings. The molecule has 23 heavy (non-hydrogen) atoms. The number of amides is 2. The summed E-state index contributed by atoms with van der Waals surface area (Å²) in [4.78, 5) is 31.2. The lowest BCUT2D eigenvalue weighted by Crippen LogP contribution is -2.51. The topological polar surface area (TPSA) is 43.9 Å². The largest absolute Gasteiger partial charge is 0.339 e. The number of hydrogen-bond donors (Lipinski definition) is 0. The Labute approximate surface area is 141 Å². The van der Waals surface area contributed by atoms with Crippen LogP contribution in [0.15, 0.2) is 24.3 Å². The zero-order valence-corrected chi connectivity index (χ0v) is 14.1. The molecule has 6 heteroatoms. The van der Waals surface area contributed by atoms with Gasteiger partial charge in [0.05, 0.1) is 0 Å². The molecule has 0 aromatic heterocycles. The second-order valence-corrected chi connectivity index (χ2v) is 6.50.